The summed E-state index contributed by atoms with van der Waals surface area (Å²) in [4.78, 5) is 24.5. The van der Waals surface area contributed by atoms with Crippen molar-refractivity contribution in [3.8, 4) is 0 Å². The van der Waals surface area contributed by atoms with Gasteiger partial charge in [-0.3, -0.25) is 9.59 Å². The lowest BCUT2D eigenvalue weighted by atomic mass is 10.0. The van der Waals surface area contributed by atoms with Crippen LogP contribution in [0.3, 0.4) is 0 Å². The first kappa shape index (κ1) is 64.8. The highest BCUT2D eigenvalue weighted by atomic mass is 16.5. The Labute approximate surface area is 416 Å². The summed E-state index contributed by atoms with van der Waals surface area (Å²) in [7, 11) is 0. The molecule has 0 aromatic rings. The average molecular weight is 941 g/mol. The second-order valence-electron chi connectivity index (χ2n) is 20.0. The molecule has 0 bridgehead atoms. The van der Waals surface area contributed by atoms with E-state index < -0.39 is 12.1 Å². The molecule has 0 saturated heterocycles. The van der Waals surface area contributed by atoms with Crippen molar-refractivity contribution in [3.63, 3.8) is 0 Å². The third kappa shape index (κ3) is 53.0. The Morgan fingerprint density at radius 1 is 0.418 bits per heavy atom. The lowest BCUT2D eigenvalue weighted by molar-refractivity contribution is -0.143. The predicted molar refractivity (Wildman–Crippen MR) is 292 cm³/mol. The van der Waals surface area contributed by atoms with Gasteiger partial charge in [0.15, 0.2) is 0 Å². The number of aliphatic hydroxyl groups excluding tert-OH is 2. The van der Waals surface area contributed by atoms with Gasteiger partial charge in [0.25, 0.3) is 0 Å². The number of rotatable bonds is 54. The average Bonchev–Trinajstić information content (AvgIpc) is 3.33. The minimum Gasteiger partial charge on any atom is -0.466 e. The Kier molecular flexibility index (Phi) is 54.6. The zero-order chi connectivity index (χ0) is 48.6. The van der Waals surface area contributed by atoms with E-state index in [1.165, 1.54) is 218 Å². The van der Waals surface area contributed by atoms with Crippen LogP contribution in [-0.2, 0) is 14.3 Å². The molecule has 0 aromatic carbocycles. The van der Waals surface area contributed by atoms with Crippen molar-refractivity contribution in [2.75, 3.05) is 13.2 Å². The highest BCUT2D eigenvalue weighted by Gasteiger charge is 2.18. The molecule has 0 aliphatic heterocycles. The first-order valence-electron chi connectivity index (χ1n) is 29.4. The van der Waals surface area contributed by atoms with Gasteiger partial charge in [-0.05, 0) is 89.9 Å². The lowest BCUT2D eigenvalue weighted by Gasteiger charge is -2.20. The summed E-state index contributed by atoms with van der Waals surface area (Å²) in [5.41, 5.74) is 0. The fourth-order valence-corrected chi connectivity index (χ4v) is 8.78. The van der Waals surface area contributed by atoms with Crippen LogP contribution < -0.4 is 5.32 Å². The minimum atomic E-state index is -0.846. The quantitative estimate of drug-likeness (QED) is 0.0321. The number of ether oxygens (including phenoxy) is 1. The highest BCUT2D eigenvalue weighted by molar-refractivity contribution is 5.76. The number of hydrogen-bond donors (Lipinski definition) is 3. The van der Waals surface area contributed by atoms with Crippen molar-refractivity contribution < 1.29 is 24.5 Å². The van der Waals surface area contributed by atoms with E-state index in [9.17, 15) is 19.8 Å². The molecular formula is C61H113NO5. The molecular weight excluding hydrogens is 827 g/mol. The van der Waals surface area contributed by atoms with E-state index in [1.54, 1.807) is 6.08 Å². The Bertz CT molecular complexity index is 1130. The molecule has 0 fully saturated rings. The van der Waals surface area contributed by atoms with Gasteiger partial charge in [-0.25, -0.2) is 0 Å². The molecule has 0 aliphatic rings. The number of nitrogens with one attached hydrogen (secondary N) is 1. The second kappa shape index (κ2) is 56.4. The van der Waals surface area contributed by atoms with Gasteiger partial charge in [0.1, 0.15) is 0 Å². The van der Waals surface area contributed by atoms with Crippen LogP contribution in [0.5, 0.6) is 0 Å². The Hall–Kier alpha value is -2.18. The standard InChI is InChI=1S/C61H113NO5/c1-3-5-7-9-11-13-14-15-16-17-26-29-32-35-39-43-47-51-55-61(66)67-56-52-48-44-40-36-33-30-27-24-22-20-18-19-21-23-25-28-31-34-38-42-46-50-54-60(65)62-58(57-63)59(64)53-49-45-41-37-12-10-8-6-4-2/h13-14,16-17,21,23,49,53,58-59,63-64H,3-12,15,18-20,22,24-48,50-52,54-57H2,1-2H3,(H,62,65)/b14-13-,17-16-,23-21-,53-49+. The molecule has 2 unspecified atom stereocenters. The highest BCUT2D eigenvalue weighted by Crippen LogP contribution is 2.16. The lowest BCUT2D eigenvalue weighted by Crippen LogP contribution is -2.45. The Morgan fingerprint density at radius 2 is 0.746 bits per heavy atom. The molecule has 392 valence electrons. The molecule has 6 nitrogen and oxygen atoms in total. The van der Waals surface area contributed by atoms with Crippen molar-refractivity contribution in [2.24, 2.45) is 0 Å². The van der Waals surface area contributed by atoms with E-state index in [4.69, 9.17) is 4.74 Å². The molecule has 0 heterocycles. The molecule has 0 aliphatic carbocycles. The number of aliphatic hydroxyl groups is 2. The first-order valence-corrected chi connectivity index (χ1v) is 29.4. The van der Waals surface area contributed by atoms with E-state index in [-0.39, 0.29) is 18.5 Å². The van der Waals surface area contributed by atoms with Crippen LogP contribution in [0, 0.1) is 0 Å². The smallest absolute Gasteiger partial charge is 0.305 e. The Morgan fingerprint density at radius 3 is 1.16 bits per heavy atom. The van der Waals surface area contributed by atoms with Crippen molar-refractivity contribution in [1.82, 2.24) is 5.32 Å². The second-order valence-corrected chi connectivity index (χ2v) is 20.0. The summed E-state index contributed by atoms with van der Waals surface area (Å²) in [5, 5.41) is 22.9. The van der Waals surface area contributed by atoms with Gasteiger partial charge in [-0.15, -0.1) is 0 Å². The van der Waals surface area contributed by atoms with Gasteiger partial charge in [-0.2, -0.15) is 0 Å². The van der Waals surface area contributed by atoms with E-state index in [1.807, 2.05) is 6.08 Å². The molecule has 2 atom stereocenters. The summed E-state index contributed by atoms with van der Waals surface area (Å²) in [6, 6.07) is -0.631. The summed E-state index contributed by atoms with van der Waals surface area (Å²) >= 11 is 0. The van der Waals surface area contributed by atoms with Crippen LogP contribution in [0.25, 0.3) is 0 Å². The third-order valence-corrected chi connectivity index (χ3v) is 13.3. The maximum absolute atomic E-state index is 12.4. The Balaban J connectivity index is 3.40. The van der Waals surface area contributed by atoms with E-state index in [0.717, 1.165) is 57.8 Å². The largest absolute Gasteiger partial charge is 0.466 e. The van der Waals surface area contributed by atoms with Crippen LogP contribution >= 0.6 is 0 Å². The number of hydrogen-bond acceptors (Lipinski definition) is 5. The zero-order valence-corrected chi connectivity index (χ0v) is 44.6. The summed E-state index contributed by atoms with van der Waals surface area (Å²) in [6.07, 6.45) is 71.5. The molecule has 0 spiro atoms. The molecule has 1 amide bonds. The number of amides is 1. The van der Waals surface area contributed by atoms with E-state index in [0.29, 0.717) is 19.4 Å². The number of carbonyl (C=O) groups excluding carboxylic acids is 2. The first-order chi connectivity index (χ1) is 33.0. The fraction of sp³-hybridized carbons (Fsp3) is 0.836. The van der Waals surface area contributed by atoms with Gasteiger partial charge in [-0.1, -0.05) is 249 Å². The third-order valence-electron chi connectivity index (χ3n) is 13.3. The van der Waals surface area contributed by atoms with Crippen LogP contribution in [-0.4, -0.2) is 47.4 Å². The normalized spacial score (nSPS) is 13.0. The topological polar surface area (TPSA) is 95.9 Å². The molecule has 6 heteroatoms. The molecule has 67 heavy (non-hydrogen) atoms. The van der Waals surface area contributed by atoms with E-state index in [2.05, 4.69) is 55.6 Å². The van der Waals surface area contributed by atoms with Crippen LogP contribution in [0.2, 0.25) is 0 Å². The minimum absolute atomic E-state index is 0.00295. The molecule has 3 N–H and O–H groups in total. The zero-order valence-electron chi connectivity index (χ0n) is 44.6. The number of allylic oxidation sites excluding steroid dienone is 7. The summed E-state index contributed by atoms with van der Waals surface area (Å²) < 4.78 is 5.49. The molecule has 0 radical (unpaired) electrons. The van der Waals surface area contributed by atoms with Crippen LogP contribution in [0.1, 0.15) is 303 Å². The summed E-state index contributed by atoms with van der Waals surface area (Å²) in [5.74, 6) is -0.0747. The van der Waals surface area contributed by atoms with Gasteiger partial charge >= 0.3 is 5.97 Å². The van der Waals surface area contributed by atoms with Gasteiger partial charge < -0.3 is 20.3 Å². The molecule has 0 rings (SSSR count). The van der Waals surface area contributed by atoms with Gasteiger partial charge in [0, 0.05) is 12.8 Å². The van der Waals surface area contributed by atoms with Gasteiger partial charge in [0.2, 0.25) is 5.91 Å². The number of esters is 1. The monoisotopic (exact) mass is 940 g/mol. The maximum Gasteiger partial charge on any atom is 0.305 e. The van der Waals surface area contributed by atoms with Crippen LogP contribution in [0.15, 0.2) is 48.6 Å². The predicted octanol–water partition coefficient (Wildman–Crippen LogP) is 18.2. The molecule has 0 saturated carbocycles. The number of carbonyl (C=O) groups is 2. The fourth-order valence-electron chi connectivity index (χ4n) is 8.78. The van der Waals surface area contributed by atoms with Crippen molar-refractivity contribution in [2.45, 2.75) is 315 Å². The van der Waals surface area contributed by atoms with E-state index >= 15 is 0 Å². The SMILES string of the molecule is CCCCCC/C=C\C/C=C\CCCCCCCCCC(=O)OCCCCCCCCCCCCCC/C=C\CCCCCCCCCC(=O)NC(CO)C(O)/C=C/CCCCCCCCC. The van der Waals surface area contributed by atoms with Crippen LogP contribution in [0.4, 0.5) is 0 Å². The molecule has 0 aromatic heterocycles. The van der Waals surface area contributed by atoms with Crippen molar-refractivity contribution in [1.29, 1.82) is 0 Å². The van der Waals surface area contributed by atoms with Crippen molar-refractivity contribution in [3.05, 3.63) is 48.6 Å². The number of unbranched alkanes of at least 4 members (excludes halogenated alkanes) is 37. The summed E-state index contributed by atoms with van der Waals surface area (Å²) in [6.45, 7) is 4.85. The van der Waals surface area contributed by atoms with Gasteiger partial charge in [0.05, 0.1) is 25.4 Å². The maximum atomic E-state index is 12.4. The van der Waals surface area contributed by atoms with Crippen molar-refractivity contribution >= 4 is 11.9 Å².